The molecule has 1 N–H and O–H groups in total. The Bertz CT molecular complexity index is 792. The van der Waals surface area contributed by atoms with Crippen molar-refractivity contribution in [1.82, 2.24) is 14.8 Å². The monoisotopic (exact) mass is 278 g/mol. The number of nitrogens with zero attached hydrogens (tertiary/aromatic N) is 5. The Morgan fingerprint density at radius 2 is 1.95 bits per heavy atom. The minimum absolute atomic E-state index is 0.332. The standard InChI is InChI=1S/C14H10N6O/c1-8-18-19-14-17-12(11(7-16)13(21)20(8)14)10-4-2-9(6-15)3-5-10/h2-5,11-12H,1H3,(H,17,19). The summed E-state index contributed by atoms with van der Waals surface area (Å²) in [5.41, 5.74) is 1.27. The number of rotatable bonds is 1. The number of aromatic nitrogens is 3. The van der Waals surface area contributed by atoms with Gasteiger partial charge in [0.05, 0.1) is 23.7 Å². The minimum Gasteiger partial charge on any atom is -0.345 e. The highest BCUT2D eigenvalue weighted by Crippen LogP contribution is 2.32. The Morgan fingerprint density at radius 1 is 1.24 bits per heavy atom. The van der Waals surface area contributed by atoms with Gasteiger partial charge >= 0.3 is 0 Å². The second-order valence-corrected chi connectivity index (χ2v) is 4.71. The van der Waals surface area contributed by atoms with Gasteiger partial charge in [0, 0.05) is 0 Å². The van der Waals surface area contributed by atoms with E-state index in [1.807, 2.05) is 12.1 Å². The zero-order valence-electron chi connectivity index (χ0n) is 11.1. The zero-order chi connectivity index (χ0) is 15.0. The van der Waals surface area contributed by atoms with Crippen LogP contribution in [0.2, 0.25) is 0 Å². The summed E-state index contributed by atoms with van der Waals surface area (Å²) in [6.45, 7) is 1.66. The van der Waals surface area contributed by atoms with E-state index < -0.39 is 12.0 Å². The summed E-state index contributed by atoms with van der Waals surface area (Å²) >= 11 is 0. The number of fused-ring (bicyclic) bond motifs is 1. The molecule has 21 heavy (non-hydrogen) atoms. The summed E-state index contributed by atoms with van der Waals surface area (Å²) in [5.74, 6) is -0.442. The van der Waals surface area contributed by atoms with Crippen LogP contribution in [-0.4, -0.2) is 20.7 Å². The average molecular weight is 278 g/mol. The lowest BCUT2D eigenvalue weighted by Gasteiger charge is -2.28. The molecule has 0 saturated carbocycles. The fraction of sp³-hybridized carbons (Fsp3) is 0.214. The van der Waals surface area contributed by atoms with Crippen LogP contribution < -0.4 is 5.32 Å². The number of carbonyl (C=O) groups excluding carboxylic acids is 1. The van der Waals surface area contributed by atoms with Gasteiger partial charge in [-0.05, 0) is 24.6 Å². The lowest BCUT2D eigenvalue weighted by Crippen LogP contribution is -2.37. The van der Waals surface area contributed by atoms with Crippen molar-refractivity contribution in [3.8, 4) is 12.1 Å². The Balaban J connectivity index is 2.05. The minimum atomic E-state index is -0.875. The van der Waals surface area contributed by atoms with Crippen LogP contribution in [0.1, 0.15) is 27.8 Å². The van der Waals surface area contributed by atoms with Crippen molar-refractivity contribution in [2.45, 2.75) is 13.0 Å². The van der Waals surface area contributed by atoms with Gasteiger partial charge in [0.15, 0.2) is 5.92 Å². The second-order valence-electron chi connectivity index (χ2n) is 4.71. The van der Waals surface area contributed by atoms with E-state index in [4.69, 9.17) is 5.26 Å². The number of nitriles is 2. The molecule has 0 spiro atoms. The third-order valence-electron chi connectivity index (χ3n) is 3.47. The molecule has 0 fully saturated rings. The first-order valence-electron chi connectivity index (χ1n) is 6.28. The SMILES string of the molecule is Cc1nnc2n1C(=O)C(C#N)C(c1ccc(C#N)cc1)N2. The van der Waals surface area contributed by atoms with Crippen LogP contribution in [0.15, 0.2) is 24.3 Å². The van der Waals surface area contributed by atoms with Crippen LogP contribution in [0.4, 0.5) is 5.95 Å². The molecule has 1 aromatic carbocycles. The van der Waals surface area contributed by atoms with Crippen molar-refractivity contribution in [2.75, 3.05) is 5.32 Å². The fourth-order valence-electron chi connectivity index (χ4n) is 2.39. The Morgan fingerprint density at radius 3 is 2.57 bits per heavy atom. The Hall–Kier alpha value is -3.19. The van der Waals surface area contributed by atoms with Crippen LogP contribution in [0.25, 0.3) is 0 Å². The van der Waals surface area contributed by atoms with Gasteiger partial charge in [-0.25, -0.2) is 4.57 Å². The molecule has 0 amide bonds. The highest BCUT2D eigenvalue weighted by atomic mass is 16.2. The maximum Gasteiger partial charge on any atom is 0.254 e. The highest BCUT2D eigenvalue weighted by Gasteiger charge is 2.38. The van der Waals surface area contributed by atoms with Gasteiger partial charge in [0.2, 0.25) is 5.95 Å². The zero-order valence-corrected chi connectivity index (χ0v) is 11.1. The van der Waals surface area contributed by atoms with Gasteiger partial charge in [0.25, 0.3) is 5.91 Å². The summed E-state index contributed by atoms with van der Waals surface area (Å²) in [6, 6.07) is 10.3. The van der Waals surface area contributed by atoms with E-state index in [1.165, 1.54) is 4.57 Å². The van der Waals surface area contributed by atoms with Gasteiger partial charge in [-0.15, -0.1) is 10.2 Å². The molecule has 1 aliphatic heterocycles. The van der Waals surface area contributed by atoms with E-state index in [9.17, 15) is 10.1 Å². The van der Waals surface area contributed by atoms with Crippen molar-refractivity contribution >= 4 is 11.9 Å². The van der Waals surface area contributed by atoms with E-state index >= 15 is 0 Å². The predicted octanol–water partition coefficient (Wildman–Crippen LogP) is 1.40. The van der Waals surface area contributed by atoms with Crippen molar-refractivity contribution in [2.24, 2.45) is 5.92 Å². The smallest absolute Gasteiger partial charge is 0.254 e. The third kappa shape index (κ3) is 1.92. The lowest BCUT2D eigenvalue weighted by molar-refractivity contribution is 0.0841. The molecular formula is C14H10N6O. The highest BCUT2D eigenvalue weighted by molar-refractivity contribution is 5.89. The van der Waals surface area contributed by atoms with Gasteiger partial charge in [0.1, 0.15) is 5.82 Å². The Kier molecular flexibility index (Phi) is 2.89. The summed E-state index contributed by atoms with van der Waals surface area (Å²) < 4.78 is 1.31. The average Bonchev–Trinajstić information content (AvgIpc) is 2.89. The molecule has 0 aliphatic carbocycles. The summed E-state index contributed by atoms with van der Waals surface area (Å²) in [5, 5.41) is 29.0. The van der Waals surface area contributed by atoms with Gasteiger partial charge < -0.3 is 5.32 Å². The first-order valence-corrected chi connectivity index (χ1v) is 6.28. The first-order chi connectivity index (χ1) is 10.2. The molecule has 0 saturated heterocycles. The molecule has 2 aromatic rings. The summed E-state index contributed by atoms with van der Waals surface area (Å²) in [4.78, 5) is 12.4. The van der Waals surface area contributed by atoms with Gasteiger partial charge in [-0.3, -0.25) is 4.79 Å². The molecule has 0 bridgehead atoms. The van der Waals surface area contributed by atoms with Crippen molar-refractivity contribution < 1.29 is 4.79 Å². The second kappa shape index (κ2) is 4.73. The molecule has 2 heterocycles. The topological polar surface area (TPSA) is 107 Å². The molecule has 1 aromatic heterocycles. The fourth-order valence-corrected chi connectivity index (χ4v) is 2.39. The van der Waals surface area contributed by atoms with Crippen LogP contribution in [0.3, 0.4) is 0 Å². The van der Waals surface area contributed by atoms with Crippen LogP contribution >= 0.6 is 0 Å². The van der Waals surface area contributed by atoms with Crippen molar-refractivity contribution in [3.63, 3.8) is 0 Å². The number of hydrogen-bond acceptors (Lipinski definition) is 6. The van der Waals surface area contributed by atoms with Crippen molar-refractivity contribution in [3.05, 3.63) is 41.2 Å². The molecule has 102 valence electrons. The largest absolute Gasteiger partial charge is 0.345 e. The summed E-state index contributed by atoms with van der Waals surface area (Å²) in [6.07, 6.45) is 0. The molecule has 7 nitrogen and oxygen atoms in total. The van der Waals surface area contributed by atoms with Gasteiger partial charge in [-0.2, -0.15) is 10.5 Å². The van der Waals surface area contributed by atoms with E-state index in [1.54, 1.807) is 31.2 Å². The van der Waals surface area contributed by atoms with E-state index in [0.717, 1.165) is 5.56 Å². The number of aryl methyl sites for hydroxylation is 1. The maximum atomic E-state index is 12.4. The maximum absolute atomic E-state index is 12.4. The van der Waals surface area contributed by atoms with E-state index in [2.05, 4.69) is 15.5 Å². The number of hydrogen-bond donors (Lipinski definition) is 1. The number of nitrogens with one attached hydrogen (secondary N) is 1. The lowest BCUT2D eigenvalue weighted by atomic mass is 9.91. The molecule has 3 rings (SSSR count). The third-order valence-corrected chi connectivity index (χ3v) is 3.47. The van der Waals surface area contributed by atoms with Crippen LogP contribution in [-0.2, 0) is 0 Å². The molecular weight excluding hydrogens is 268 g/mol. The molecule has 1 aliphatic rings. The molecule has 0 radical (unpaired) electrons. The molecule has 2 unspecified atom stereocenters. The van der Waals surface area contributed by atoms with Crippen LogP contribution in [0, 0.1) is 35.5 Å². The molecule has 2 atom stereocenters. The van der Waals surface area contributed by atoms with E-state index in [-0.39, 0.29) is 5.91 Å². The van der Waals surface area contributed by atoms with Crippen LogP contribution in [0.5, 0.6) is 0 Å². The van der Waals surface area contributed by atoms with Crippen molar-refractivity contribution in [1.29, 1.82) is 10.5 Å². The van der Waals surface area contributed by atoms with Gasteiger partial charge in [-0.1, -0.05) is 12.1 Å². The summed E-state index contributed by atoms with van der Waals surface area (Å²) in [7, 11) is 0. The van der Waals surface area contributed by atoms with E-state index in [0.29, 0.717) is 17.3 Å². The normalized spacial score (nSPS) is 20.0. The first kappa shape index (κ1) is 12.8. The quantitative estimate of drug-likeness (QED) is 0.844. The number of benzene rings is 1. The number of anilines is 1. The Labute approximate surface area is 120 Å². The molecule has 7 heteroatoms. The number of carbonyl (C=O) groups is 1. The predicted molar refractivity (Wildman–Crippen MR) is 72.0 cm³/mol.